The Balaban J connectivity index is 1.53. The largest absolute Gasteiger partial charge is 0.361 e. The molecule has 1 fully saturated rings. The Morgan fingerprint density at radius 2 is 2.19 bits per heavy atom. The third kappa shape index (κ3) is 2.48. The standard InChI is InChI=1S/C17H19FN2O/c1-11-16-8-14(18)5-4-12(16)6-7-20(11)10-15-9-17(21-19-15)13-2-3-13/h4-5,8-9,11,13H,2-3,6-7,10H2,1H3/t11-/m1/s1. The lowest BCUT2D eigenvalue weighted by molar-refractivity contribution is 0.184. The zero-order valence-corrected chi connectivity index (χ0v) is 12.2. The molecule has 1 saturated carbocycles. The maximum atomic E-state index is 13.5. The van der Waals surface area contributed by atoms with E-state index in [1.54, 1.807) is 12.1 Å². The fourth-order valence-corrected chi connectivity index (χ4v) is 3.22. The van der Waals surface area contributed by atoms with Crippen LogP contribution in [0.3, 0.4) is 0 Å². The molecule has 2 aliphatic rings. The molecule has 1 aliphatic carbocycles. The van der Waals surface area contributed by atoms with Crippen LogP contribution in [0.4, 0.5) is 4.39 Å². The fraction of sp³-hybridized carbons (Fsp3) is 0.471. The lowest BCUT2D eigenvalue weighted by Crippen LogP contribution is -2.33. The van der Waals surface area contributed by atoms with Gasteiger partial charge in [-0.3, -0.25) is 4.90 Å². The van der Waals surface area contributed by atoms with Crippen LogP contribution in [0.25, 0.3) is 0 Å². The van der Waals surface area contributed by atoms with Crippen molar-refractivity contribution >= 4 is 0 Å². The minimum absolute atomic E-state index is 0.153. The first-order valence-corrected chi connectivity index (χ1v) is 7.68. The highest BCUT2D eigenvalue weighted by molar-refractivity contribution is 5.33. The van der Waals surface area contributed by atoms with E-state index in [2.05, 4.69) is 23.0 Å². The van der Waals surface area contributed by atoms with Crippen molar-refractivity contribution < 1.29 is 8.91 Å². The highest BCUT2D eigenvalue weighted by Crippen LogP contribution is 2.40. The highest BCUT2D eigenvalue weighted by Gasteiger charge is 2.29. The van der Waals surface area contributed by atoms with Crippen LogP contribution in [0.1, 0.15) is 54.3 Å². The van der Waals surface area contributed by atoms with Gasteiger partial charge in [-0.15, -0.1) is 0 Å². The van der Waals surface area contributed by atoms with Crippen molar-refractivity contribution in [3.05, 3.63) is 52.7 Å². The van der Waals surface area contributed by atoms with Gasteiger partial charge in [0.2, 0.25) is 0 Å². The second kappa shape index (κ2) is 4.95. The predicted octanol–water partition coefficient (Wildman–Crippen LogP) is 3.81. The van der Waals surface area contributed by atoms with Gasteiger partial charge in [-0.1, -0.05) is 11.2 Å². The Labute approximate surface area is 123 Å². The molecule has 2 heterocycles. The number of aromatic nitrogens is 1. The molecule has 0 amide bonds. The Bertz CT molecular complexity index is 663. The number of hydrogen-bond acceptors (Lipinski definition) is 3. The molecule has 0 bridgehead atoms. The Morgan fingerprint density at radius 1 is 1.33 bits per heavy atom. The zero-order valence-electron chi connectivity index (χ0n) is 12.2. The molecule has 4 heteroatoms. The lowest BCUT2D eigenvalue weighted by atomic mass is 9.93. The van der Waals surface area contributed by atoms with Crippen molar-refractivity contribution in [1.82, 2.24) is 10.1 Å². The maximum absolute atomic E-state index is 13.5. The van der Waals surface area contributed by atoms with Crippen LogP contribution in [0.2, 0.25) is 0 Å². The number of halogens is 1. The van der Waals surface area contributed by atoms with Crippen molar-refractivity contribution in [2.75, 3.05) is 6.54 Å². The molecule has 4 rings (SSSR count). The van der Waals surface area contributed by atoms with E-state index in [0.717, 1.165) is 36.5 Å². The number of nitrogens with zero attached hydrogens (tertiary/aromatic N) is 2. The van der Waals surface area contributed by atoms with Gasteiger partial charge in [0.15, 0.2) is 0 Å². The van der Waals surface area contributed by atoms with Crippen LogP contribution in [0.15, 0.2) is 28.8 Å². The summed E-state index contributed by atoms with van der Waals surface area (Å²) in [5.41, 5.74) is 3.36. The smallest absolute Gasteiger partial charge is 0.140 e. The van der Waals surface area contributed by atoms with E-state index >= 15 is 0 Å². The minimum atomic E-state index is -0.153. The summed E-state index contributed by atoms with van der Waals surface area (Å²) in [7, 11) is 0. The molecular formula is C17H19FN2O. The van der Waals surface area contributed by atoms with Gasteiger partial charge in [-0.2, -0.15) is 0 Å². The van der Waals surface area contributed by atoms with E-state index in [-0.39, 0.29) is 11.9 Å². The molecule has 0 spiro atoms. The molecule has 0 unspecified atom stereocenters. The second-order valence-corrected chi connectivity index (χ2v) is 6.23. The first kappa shape index (κ1) is 13.0. The van der Waals surface area contributed by atoms with Gasteiger partial charge in [0.1, 0.15) is 11.6 Å². The quantitative estimate of drug-likeness (QED) is 0.859. The van der Waals surface area contributed by atoms with Crippen molar-refractivity contribution in [2.45, 2.75) is 44.7 Å². The topological polar surface area (TPSA) is 29.3 Å². The molecule has 110 valence electrons. The van der Waals surface area contributed by atoms with Crippen LogP contribution in [0, 0.1) is 5.82 Å². The highest BCUT2D eigenvalue weighted by atomic mass is 19.1. The Morgan fingerprint density at radius 3 is 3.00 bits per heavy atom. The number of rotatable bonds is 3. The third-order valence-electron chi connectivity index (χ3n) is 4.70. The van der Waals surface area contributed by atoms with Crippen molar-refractivity contribution in [1.29, 1.82) is 0 Å². The second-order valence-electron chi connectivity index (χ2n) is 6.23. The Hall–Kier alpha value is -1.68. The van der Waals surface area contributed by atoms with Crippen LogP contribution >= 0.6 is 0 Å². The normalized spacial score (nSPS) is 22.3. The van der Waals surface area contributed by atoms with Gasteiger partial charge >= 0.3 is 0 Å². The number of hydrogen-bond donors (Lipinski definition) is 0. The van der Waals surface area contributed by atoms with Gasteiger partial charge in [0.05, 0.1) is 5.69 Å². The first-order chi connectivity index (χ1) is 10.2. The molecule has 1 aromatic carbocycles. The van der Waals surface area contributed by atoms with Crippen LogP contribution in [-0.4, -0.2) is 16.6 Å². The SMILES string of the molecule is C[C@@H]1c2cc(F)ccc2CCN1Cc1cc(C2CC2)on1. The lowest BCUT2D eigenvalue weighted by Gasteiger charge is -2.34. The van der Waals surface area contributed by atoms with Crippen molar-refractivity contribution in [3.63, 3.8) is 0 Å². The first-order valence-electron chi connectivity index (χ1n) is 7.68. The third-order valence-corrected chi connectivity index (χ3v) is 4.70. The molecule has 1 aromatic heterocycles. The summed E-state index contributed by atoms with van der Waals surface area (Å²) in [6, 6.07) is 7.45. The van der Waals surface area contributed by atoms with E-state index in [4.69, 9.17) is 4.52 Å². The number of benzene rings is 1. The molecule has 3 nitrogen and oxygen atoms in total. The summed E-state index contributed by atoms with van der Waals surface area (Å²) in [6.07, 6.45) is 3.41. The van der Waals surface area contributed by atoms with Crippen LogP contribution < -0.4 is 0 Å². The van der Waals surface area contributed by atoms with E-state index in [9.17, 15) is 4.39 Å². The van der Waals surface area contributed by atoms with E-state index in [1.807, 2.05) is 6.07 Å². The average molecular weight is 286 g/mol. The summed E-state index contributed by atoms with van der Waals surface area (Å²) >= 11 is 0. The van der Waals surface area contributed by atoms with E-state index in [0.29, 0.717) is 5.92 Å². The van der Waals surface area contributed by atoms with Gasteiger partial charge in [-0.05, 0) is 49.4 Å². The predicted molar refractivity (Wildman–Crippen MR) is 77.4 cm³/mol. The summed E-state index contributed by atoms with van der Waals surface area (Å²) in [6.45, 7) is 3.89. The van der Waals surface area contributed by atoms with Gasteiger partial charge in [0.25, 0.3) is 0 Å². The molecule has 0 N–H and O–H groups in total. The molecule has 2 aromatic rings. The van der Waals surface area contributed by atoms with E-state index < -0.39 is 0 Å². The fourth-order valence-electron chi connectivity index (χ4n) is 3.22. The molecular weight excluding hydrogens is 267 g/mol. The van der Waals surface area contributed by atoms with Crippen molar-refractivity contribution in [3.8, 4) is 0 Å². The molecule has 0 radical (unpaired) electrons. The molecule has 0 saturated heterocycles. The monoisotopic (exact) mass is 286 g/mol. The maximum Gasteiger partial charge on any atom is 0.140 e. The van der Waals surface area contributed by atoms with E-state index in [1.165, 1.54) is 18.4 Å². The van der Waals surface area contributed by atoms with Gasteiger partial charge < -0.3 is 4.52 Å². The summed E-state index contributed by atoms with van der Waals surface area (Å²) < 4.78 is 18.9. The van der Waals surface area contributed by atoms with Crippen LogP contribution in [-0.2, 0) is 13.0 Å². The van der Waals surface area contributed by atoms with Crippen LogP contribution in [0.5, 0.6) is 0 Å². The van der Waals surface area contributed by atoms with Gasteiger partial charge in [-0.25, -0.2) is 4.39 Å². The summed E-state index contributed by atoms with van der Waals surface area (Å²) in [5.74, 6) is 1.47. The van der Waals surface area contributed by atoms with Crippen molar-refractivity contribution in [2.24, 2.45) is 0 Å². The molecule has 21 heavy (non-hydrogen) atoms. The summed E-state index contributed by atoms with van der Waals surface area (Å²) in [4.78, 5) is 2.34. The zero-order chi connectivity index (χ0) is 14.4. The average Bonchev–Trinajstić information content (AvgIpc) is 3.23. The minimum Gasteiger partial charge on any atom is -0.361 e. The number of fused-ring (bicyclic) bond motifs is 1. The molecule has 1 atom stereocenters. The molecule has 1 aliphatic heterocycles. The van der Waals surface area contributed by atoms with Gasteiger partial charge in [0, 0.05) is 31.1 Å². The summed E-state index contributed by atoms with van der Waals surface area (Å²) in [5, 5.41) is 4.19. The Kier molecular flexibility index (Phi) is 3.07.